The van der Waals surface area contributed by atoms with Gasteiger partial charge in [0.15, 0.2) is 0 Å². The lowest BCUT2D eigenvalue weighted by Crippen LogP contribution is -2.53. The van der Waals surface area contributed by atoms with E-state index in [0.717, 1.165) is 12.1 Å². The molecule has 1 aromatic rings. The Bertz CT molecular complexity index is 505. The second kappa shape index (κ2) is 6.33. The van der Waals surface area contributed by atoms with Crippen molar-refractivity contribution in [3.63, 3.8) is 0 Å². The van der Waals surface area contributed by atoms with Crippen LogP contribution in [0.1, 0.15) is 19.0 Å². The molecule has 3 N–H and O–H groups in total. The van der Waals surface area contributed by atoms with Crippen LogP contribution < -0.4 is 11.3 Å². The van der Waals surface area contributed by atoms with Crippen LogP contribution in [0.15, 0.2) is 18.3 Å². The molecule has 1 aromatic heterocycles. The number of amides is 2. The topological polar surface area (TPSA) is 91.6 Å². The maximum absolute atomic E-state index is 12.0. The number of carbonyl (C=O) groups excluding carboxylic acids is 2. The molecular weight excluding hydrogens is 258 g/mol. The quantitative estimate of drug-likeness (QED) is 0.581. The SMILES string of the molecule is CCCN1CC(=O)N(Cc2cc(NN)ccn2)CC1=O. The molecule has 1 fully saturated rings. The van der Waals surface area contributed by atoms with Gasteiger partial charge in [0.25, 0.3) is 0 Å². The molecule has 0 bridgehead atoms. The summed E-state index contributed by atoms with van der Waals surface area (Å²) in [4.78, 5) is 31.3. The number of hydrogen-bond donors (Lipinski definition) is 2. The van der Waals surface area contributed by atoms with E-state index >= 15 is 0 Å². The third-order valence-electron chi connectivity index (χ3n) is 3.19. The second-order valence-electron chi connectivity index (χ2n) is 4.75. The summed E-state index contributed by atoms with van der Waals surface area (Å²) in [5.74, 6) is 5.27. The number of carbonyl (C=O) groups is 2. The third-order valence-corrected chi connectivity index (χ3v) is 3.19. The molecule has 0 aliphatic carbocycles. The molecule has 2 amide bonds. The molecule has 0 atom stereocenters. The fourth-order valence-corrected chi connectivity index (χ4v) is 2.17. The van der Waals surface area contributed by atoms with Gasteiger partial charge >= 0.3 is 0 Å². The number of anilines is 1. The molecule has 0 saturated carbocycles. The number of pyridine rings is 1. The molecule has 2 heterocycles. The van der Waals surface area contributed by atoms with Crippen molar-refractivity contribution in [2.45, 2.75) is 19.9 Å². The first-order valence-corrected chi connectivity index (χ1v) is 6.61. The van der Waals surface area contributed by atoms with Gasteiger partial charge in [-0.15, -0.1) is 0 Å². The van der Waals surface area contributed by atoms with Gasteiger partial charge in [0.2, 0.25) is 11.8 Å². The average Bonchev–Trinajstić information content (AvgIpc) is 2.45. The highest BCUT2D eigenvalue weighted by atomic mass is 16.2. The largest absolute Gasteiger partial charge is 0.332 e. The van der Waals surface area contributed by atoms with Gasteiger partial charge in [-0.05, 0) is 18.6 Å². The highest BCUT2D eigenvalue weighted by Gasteiger charge is 2.29. The molecular formula is C13H19N5O2. The van der Waals surface area contributed by atoms with Crippen LogP contribution in [0.3, 0.4) is 0 Å². The minimum Gasteiger partial charge on any atom is -0.332 e. The Morgan fingerprint density at radius 2 is 2.00 bits per heavy atom. The molecule has 1 saturated heterocycles. The highest BCUT2D eigenvalue weighted by Crippen LogP contribution is 2.12. The molecule has 7 nitrogen and oxygen atoms in total. The van der Waals surface area contributed by atoms with Crippen LogP contribution in [0.4, 0.5) is 5.69 Å². The van der Waals surface area contributed by atoms with Crippen molar-refractivity contribution in [2.75, 3.05) is 25.1 Å². The number of hydrazine groups is 1. The number of rotatable bonds is 5. The number of hydrogen-bond acceptors (Lipinski definition) is 5. The van der Waals surface area contributed by atoms with Crippen molar-refractivity contribution in [3.05, 3.63) is 24.0 Å². The van der Waals surface area contributed by atoms with Crippen LogP contribution in [0.25, 0.3) is 0 Å². The molecule has 20 heavy (non-hydrogen) atoms. The Labute approximate surface area is 117 Å². The normalized spacial score (nSPS) is 15.7. The first-order valence-electron chi connectivity index (χ1n) is 6.61. The predicted octanol–water partition coefficient (Wildman–Crippen LogP) is -0.0520. The van der Waals surface area contributed by atoms with Gasteiger partial charge in [-0.1, -0.05) is 6.92 Å². The van der Waals surface area contributed by atoms with Gasteiger partial charge in [-0.3, -0.25) is 20.4 Å². The number of nitrogens with one attached hydrogen (secondary N) is 1. The minimum absolute atomic E-state index is 0.0143. The Morgan fingerprint density at radius 1 is 1.30 bits per heavy atom. The zero-order valence-corrected chi connectivity index (χ0v) is 11.5. The molecule has 0 aromatic carbocycles. The smallest absolute Gasteiger partial charge is 0.243 e. The molecule has 1 aliphatic heterocycles. The van der Waals surface area contributed by atoms with E-state index < -0.39 is 0 Å². The Kier molecular flexibility index (Phi) is 4.52. The third kappa shape index (κ3) is 3.24. The molecule has 0 unspecified atom stereocenters. The molecule has 1 aliphatic rings. The van der Waals surface area contributed by atoms with E-state index in [1.54, 1.807) is 23.2 Å². The number of nitrogen functional groups attached to an aromatic ring is 1. The van der Waals surface area contributed by atoms with E-state index in [0.29, 0.717) is 18.8 Å². The summed E-state index contributed by atoms with van der Waals surface area (Å²) in [6.07, 6.45) is 2.47. The number of nitrogens with two attached hydrogens (primary N) is 1. The van der Waals surface area contributed by atoms with Crippen LogP contribution in [-0.2, 0) is 16.1 Å². The van der Waals surface area contributed by atoms with Crippen molar-refractivity contribution in [1.82, 2.24) is 14.8 Å². The average molecular weight is 277 g/mol. The zero-order chi connectivity index (χ0) is 14.5. The van der Waals surface area contributed by atoms with Gasteiger partial charge in [0.05, 0.1) is 24.5 Å². The second-order valence-corrected chi connectivity index (χ2v) is 4.75. The van der Waals surface area contributed by atoms with Crippen molar-refractivity contribution in [2.24, 2.45) is 5.84 Å². The number of aromatic nitrogens is 1. The monoisotopic (exact) mass is 277 g/mol. The van der Waals surface area contributed by atoms with Crippen molar-refractivity contribution in [1.29, 1.82) is 0 Å². The fourth-order valence-electron chi connectivity index (χ4n) is 2.17. The standard InChI is InChI=1S/C13H19N5O2/c1-2-5-17-8-13(20)18(9-12(17)19)7-11-6-10(16-14)3-4-15-11/h3-4,6H,2,5,7-9,14H2,1H3,(H,15,16). The van der Waals surface area contributed by atoms with Crippen molar-refractivity contribution in [3.8, 4) is 0 Å². The van der Waals surface area contributed by atoms with E-state index in [2.05, 4.69) is 10.4 Å². The lowest BCUT2D eigenvalue weighted by molar-refractivity contribution is -0.150. The lowest BCUT2D eigenvalue weighted by Gasteiger charge is -2.33. The molecule has 2 rings (SSSR count). The van der Waals surface area contributed by atoms with Crippen molar-refractivity contribution >= 4 is 17.5 Å². The van der Waals surface area contributed by atoms with E-state index in [1.165, 1.54) is 4.90 Å². The van der Waals surface area contributed by atoms with Gasteiger partial charge in [-0.25, -0.2) is 0 Å². The van der Waals surface area contributed by atoms with Gasteiger partial charge in [0, 0.05) is 12.7 Å². The van der Waals surface area contributed by atoms with Crippen LogP contribution in [0.5, 0.6) is 0 Å². The summed E-state index contributed by atoms with van der Waals surface area (Å²) >= 11 is 0. The summed E-state index contributed by atoms with van der Waals surface area (Å²) in [6, 6.07) is 3.49. The van der Waals surface area contributed by atoms with Crippen LogP contribution >= 0.6 is 0 Å². The van der Waals surface area contributed by atoms with Gasteiger partial charge in [-0.2, -0.15) is 0 Å². The summed E-state index contributed by atoms with van der Waals surface area (Å²) in [6.45, 7) is 3.20. The molecule has 7 heteroatoms. The van der Waals surface area contributed by atoms with E-state index in [4.69, 9.17) is 5.84 Å². The maximum atomic E-state index is 12.0. The first kappa shape index (κ1) is 14.3. The summed E-state index contributed by atoms with van der Waals surface area (Å²) in [7, 11) is 0. The fraction of sp³-hybridized carbons (Fsp3) is 0.462. The summed E-state index contributed by atoms with van der Waals surface area (Å²) in [5.41, 5.74) is 3.95. The molecule has 0 spiro atoms. The number of piperazine rings is 1. The Morgan fingerprint density at radius 3 is 2.70 bits per heavy atom. The van der Waals surface area contributed by atoms with Crippen molar-refractivity contribution < 1.29 is 9.59 Å². The van der Waals surface area contributed by atoms with Gasteiger partial charge < -0.3 is 15.2 Å². The van der Waals surface area contributed by atoms with E-state index in [-0.39, 0.29) is 24.9 Å². The minimum atomic E-state index is -0.0500. The predicted molar refractivity (Wildman–Crippen MR) is 74.3 cm³/mol. The van der Waals surface area contributed by atoms with Gasteiger partial charge in [0.1, 0.15) is 6.54 Å². The lowest BCUT2D eigenvalue weighted by atomic mass is 10.2. The first-order chi connectivity index (χ1) is 9.63. The maximum Gasteiger partial charge on any atom is 0.243 e. The van der Waals surface area contributed by atoms with Crippen LogP contribution in [-0.4, -0.2) is 46.2 Å². The molecule has 108 valence electrons. The number of nitrogens with zero attached hydrogens (tertiary/aromatic N) is 3. The Hall–Kier alpha value is -2.15. The summed E-state index contributed by atoms with van der Waals surface area (Å²) < 4.78 is 0. The molecule has 0 radical (unpaired) electrons. The van der Waals surface area contributed by atoms with Crippen LogP contribution in [0.2, 0.25) is 0 Å². The van der Waals surface area contributed by atoms with E-state index in [1.807, 2.05) is 6.92 Å². The zero-order valence-electron chi connectivity index (χ0n) is 11.5. The van der Waals surface area contributed by atoms with Crippen LogP contribution in [0, 0.1) is 0 Å². The highest BCUT2D eigenvalue weighted by molar-refractivity contribution is 5.92. The Balaban J connectivity index is 2.03. The summed E-state index contributed by atoms with van der Waals surface area (Å²) in [5, 5.41) is 0. The van der Waals surface area contributed by atoms with E-state index in [9.17, 15) is 9.59 Å².